The highest BCUT2D eigenvalue weighted by Gasteiger charge is 2.17. The molecule has 2 aromatic rings. The highest BCUT2D eigenvalue weighted by molar-refractivity contribution is 9.10. The van der Waals surface area contributed by atoms with Gasteiger partial charge in [-0.25, -0.2) is 0 Å². The second kappa shape index (κ2) is 9.54. The average molecular weight is 427 g/mol. The Morgan fingerprint density at radius 3 is 2.63 bits per heavy atom. The molecule has 0 radical (unpaired) electrons. The molecule has 0 saturated carbocycles. The van der Waals surface area contributed by atoms with Gasteiger partial charge in [0.25, 0.3) is 0 Å². The number of anilines is 2. The molecule has 1 amide bonds. The Hall–Kier alpha value is -2.36. The molecule has 1 aliphatic rings. The maximum Gasteiger partial charge on any atom is 0.225 e. The Morgan fingerprint density at radius 2 is 1.85 bits per heavy atom. The first-order chi connectivity index (χ1) is 13.2. The van der Waals surface area contributed by atoms with Crippen LogP contribution in [0.4, 0.5) is 11.4 Å². The molecule has 0 aromatic heterocycles. The summed E-state index contributed by atoms with van der Waals surface area (Å²) in [4.78, 5) is 16.8. The number of carbonyl (C=O) groups excluding carboxylic acids is 1. The summed E-state index contributed by atoms with van der Waals surface area (Å²) in [6.07, 6.45) is 1.50. The van der Waals surface area contributed by atoms with Gasteiger partial charge < -0.3 is 15.1 Å². The van der Waals surface area contributed by atoms with E-state index in [0.29, 0.717) is 6.42 Å². The van der Waals surface area contributed by atoms with Crippen LogP contribution in [0.15, 0.2) is 53.0 Å². The van der Waals surface area contributed by atoms with E-state index in [1.807, 2.05) is 48.5 Å². The highest BCUT2D eigenvalue weighted by Crippen LogP contribution is 2.21. The summed E-state index contributed by atoms with van der Waals surface area (Å²) in [5.41, 5.74) is 2.55. The number of carbonyl (C=O) groups is 1. The van der Waals surface area contributed by atoms with Gasteiger partial charge in [0.1, 0.15) is 6.07 Å². The van der Waals surface area contributed by atoms with Gasteiger partial charge in [-0.05, 0) is 49.4 Å². The number of halogens is 1. The van der Waals surface area contributed by atoms with Crippen molar-refractivity contribution in [3.05, 3.63) is 58.6 Å². The van der Waals surface area contributed by atoms with Gasteiger partial charge >= 0.3 is 0 Å². The molecule has 0 spiro atoms. The van der Waals surface area contributed by atoms with Crippen LogP contribution in [0.1, 0.15) is 18.4 Å². The Balaban J connectivity index is 1.49. The van der Waals surface area contributed by atoms with Gasteiger partial charge in [0.2, 0.25) is 5.91 Å². The van der Waals surface area contributed by atoms with Gasteiger partial charge in [0.05, 0.1) is 11.3 Å². The molecule has 1 heterocycles. The minimum absolute atomic E-state index is 0.0354. The van der Waals surface area contributed by atoms with Crippen molar-refractivity contribution in [3.8, 4) is 6.07 Å². The summed E-state index contributed by atoms with van der Waals surface area (Å²) in [5.74, 6) is 0.0354. The van der Waals surface area contributed by atoms with Crippen LogP contribution in [0.5, 0.6) is 0 Å². The fourth-order valence-corrected chi connectivity index (χ4v) is 3.56. The molecule has 3 rings (SSSR count). The summed E-state index contributed by atoms with van der Waals surface area (Å²) < 4.78 is 0.993. The van der Waals surface area contributed by atoms with E-state index < -0.39 is 0 Å². The lowest BCUT2D eigenvalue weighted by atomic mass is 10.1. The zero-order valence-corrected chi connectivity index (χ0v) is 16.8. The van der Waals surface area contributed by atoms with Crippen LogP contribution in [-0.4, -0.2) is 43.5 Å². The number of nitrogens with zero attached hydrogens (tertiary/aromatic N) is 3. The molecule has 1 saturated heterocycles. The van der Waals surface area contributed by atoms with Crippen molar-refractivity contribution in [3.63, 3.8) is 0 Å². The van der Waals surface area contributed by atoms with E-state index >= 15 is 0 Å². The number of rotatable bonds is 5. The quantitative estimate of drug-likeness (QED) is 0.788. The van der Waals surface area contributed by atoms with Crippen molar-refractivity contribution >= 4 is 33.2 Å². The molecule has 0 bridgehead atoms. The average Bonchev–Trinajstić information content (AvgIpc) is 2.94. The van der Waals surface area contributed by atoms with E-state index in [0.717, 1.165) is 60.6 Å². The highest BCUT2D eigenvalue weighted by atomic mass is 79.9. The van der Waals surface area contributed by atoms with Crippen LogP contribution in [-0.2, 0) is 4.79 Å². The fourth-order valence-electron chi connectivity index (χ4n) is 3.30. The van der Waals surface area contributed by atoms with Crippen molar-refractivity contribution in [2.45, 2.75) is 12.8 Å². The topological polar surface area (TPSA) is 59.4 Å². The number of para-hydroxylation sites is 1. The molecular formula is C21H23BrN4O. The Kier molecular flexibility index (Phi) is 6.86. The van der Waals surface area contributed by atoms with Gasteiger partial charge in [-0.3, -0.25) is 4.79 Å². The lowest BCUT2D eigenvalue weighted by Crippen LogP contribution is -2.33. The molecule has 140 valence electrons. The summed E-state index contributed by atoms with van der Waals surface area (Å²) >= 11 is 3.39. The molecule has 2 aromatic carbocycles. The third kappa shape index (κ3) is 5.56. The number of amides is 1. The van der Waals surface area contributed by atoms with E-state index in [2.05, 4.69) is 37.1 Å². The normalized spacial score (nSPS) is 15.0. The van der Waals surface area contributed by atoms with E-state index in [4.69, 9.17) is 0 Å². The second-order valence-electron chi connectivity index (χ2n) is 6.62. The standard InChI is InChI=1S/C21H23BrN4O/c22-18-6-8-19(9-7-18)24-21(27)10-13-25-11-3-12-26(15-14-25)20-5-2-1-4-17(20)16-23/h1-2,4-9H,3,10-15H2,(H,24,27). The minimum atomic E-state index is 0.0354. The monoisotopic (exact) mass is 426 g/mol. The first-order valence-corrected chi connectivity index (χ1v) is 9.97. The van der Waals surface area contributed by atoms with Gasteiger partial charge in [-0.15, -0.1) is 0 Å². The minimum Gasteiger partial charge on any atom is -0.369 e. The predicted octanol–water partition coefficient (Wildman–Crippen LogP) is 3.86. The first-order valence-electron chi connectivity index (χ1n) is 9.17. The van der Waals surface area contributed by atoms with Crippen LogP contribution in [0.25, 0.3) is 0 Å². The Bertz CT molecular complexity index is 816. The molecule has 0 unspecified atom stereocenters. The van der Waals surface area contributed by atoms with E-state index in [9.17, 15) is 10.1 Å². The molecule has 27 heavy (non-hydrogen) atoms. The van der Waals surface area contributed by atoms with E-state index in [1.54, 1.807) is 0 Å². The third-order valence-corrected chi connectivity index (χ3v) is 5.27. The molecule has 1 fully saturated rings. The summed E-state index contributed by atoms with van der Waals surface area (Å²) in [7, 11) is 0. The summed E-state index contributed by atoms with van der Waals surface area (Å²) in [6.45, 7) is 4.41. The maximum atomic E-state index is 12.2. The molecule has 1 aliphatic heterocycles. The van der Waals surface area contributed by atoms with Crippen LogP contribution in [0, 0.1) is 11.3 Å². The van der Waals surface area contributed by atoms with Crippen molar-refractivity contribution in [1.29, 1.82) is 5.26 Å². The SMILES string of the molecule is N#Cc1ccccc1N1CCCN(CCC(=O)Nc2ccc(Br)cc2)CC1. The van der Waals surface area contributed by atoms with Gasteiger partial charge in [0, 0.05) is 42.8 Å². The van der Waals surface area contributed by atoms with Crippen LogP contribution < -0.4 is 10.2 Å². The van der Waals surface area contributed by atoms with E-state index in [1.165, 1.54) is 0 Å². The van der Waals surface area contributed by atoms with Crippen LogP contribution >= 0.6 is 15.9 Å². The molecule has 0 aliphatic carbocycles. The maximum absolute atomic E-state index is 12.2. The predicted molar refractivity (Wildman–Crippen MR) is 112 cm³/mol. The third-order valence-electron chi connectivity index (χ3n) is 4.74. The van der Waals surface area contributed by atoms with E-state index in [-0.39, 0.29) is 5.91 Å². The van der Waals surface area contributed by atoms with Crippen molar-refractivity contribution in [2.24, 2.45) is 0 Å². The lowest BCUT2D eigenvalue weighted by Gasteiger charge is -2.24. The van der Waals surface area contributed by atoms with Gasteiger partial charge in [0.15, 0.2) is 0 Å². The molecule has 6 heteroatoms. The zero-order valence-electron chi connectivity index (χ0n) is 15.2. The summed E-state index contributed by atoms with van der Waals surface area (Å²) in [5, 5.41) is 12.3. The van der Waals surface area contributed by atoms with Crippen molar-refractivity contribution in [2.75, 3.05) is 42.9 Å². The number of nitriles is 1. The Labute approximate surface area is 168 Å². The smallest absolute Gasteiger partial charge is 0.225 e. The largest absolute Gasteiger partial charge is 0.369 e. The van der Waals surface area contributed by atoms with Crippen molar-refractivity contribution in [1.82, 2.24) is 4.90 Å². The number of hydrogen-bond acceptors (Lipinski definition) is 4. The number of benzene rings is 2. The molecular weight excluding hydrogens is 404 g/mol. The van der Waals surface area contributed by atoms with Gasteiger partial charge in [-0.1, -0.05) is 28.1 Å². The molecule has 5 nitrogen and oxygen atoms in total. The summed E-state index contributed by atoms with van der Waals surface area (Å²) in [6, 6.07) is 17.6. The molecule has 0 atom stereocenters. The lowest BCUT2D eigenvalue weighted by molar-refractivity contribution is -0.116. The number of hydrogen-bond donors (Lipinski definition) is 1. The molecule has 1 N–H and O–H groups in total. The number of nitrogens with one attached hydrogen (secondary N) is 1. The second-order valence-corrected chi connectivity index (χ2v) is 7.53. The van der Waals surface area contributed by atoms with Crippen LogP contribution in [0.3, 0.4) is 0 Å². The zero-order chi connectivity index (χ0) is 19.1. The fraction of sp³-hybridized carbons (Fsp3) is 0.333. The van der Waals surface area contributed by atoms with Gasteiger partial charge in [-0.2, -0.15) is 5.26 Å². The Morgan fingerprint density at radius 1 is 1.07 bits per heavy atom. The first kappa shape index (κ1) is 19.4. The van der Waals surface area contributed by atoms with Crippen LogP contribution in [0.2, 0.25) is 0 Å². The van der Waals surface area contributed by atoms with Crippen molar-refractivity contribution < 1.29 is 4.79 Å².